The van der Waals surface area contributed by atoms with E-state index in [0.29, 0.717) is 6.54 Å². The van der Waals surface area contributed by atoms with Gasteiger partial charge < -0.3 is 10.6 Å². The lowest BCUT2D eigenvalue weighted by atomic mass is 9.95. The zero-order valence-electron chi connectivity index (χ0n) is 15.3. The number of benzene rings is 1. The predicted octanol–water partition coefficient (Wildman–Crippen LogP) is 3.72. The number of amides is 1. The number of aromatic nitrogens is 2. The van der Waals surface area contributed by atoms with Crippen LogP contribution in [0.25, 0.3) is 0 Å². The van der Waals surface area contributed by atoms with Gasteiger partial charge >= 0.3 is 0 Å². The van der Waals surface area contributed by atoms with Gasteiger partial charge in [0.2, 0.25) is 5.91 Å². The number of anilines is 1. The largest absolute Gasteiger partial charge is 0.371 e. The van der Waals surface area contributed by atoms with Gasteiger partial charge in [0, 0.05) is 11.4 Å². The molecular formula is C21H28N4O. The highest BCUT2D eigenvalue weighted by Crippen LogP contribution is 2.33. The van der Waals surface area contributed by atoms with Gasteiger partial charge in [-0.2, -0.15) is 5.10 Å². The van der Waals surface area contributed by atoms with E-state index in [9.17, 15) is 4.79 Å². The van der Waals surface area contributed by atoms with E-state index in [0.717, 1.165) is 49.9 Å². The molecule has 1 fully saturated rings. The van der Waals surface area contributed by atoms with Gasteiger partial charge in [-0.3, -0.25) is 9.89 Å². The Morgan fingerprint density at radius 1 is 1.04 bits per heavy atom. The highest BCUT2D eigenvalue weighted by Gasteiger charge is 2.41. The minimum Gasteiger partial charge on any atom is -0.371 e. The number of fused-ring (bicyclic) bond motifs is 1. The number of H-pyrrole nitrogens is 1. The van der Waals surface area contributed by atoms with E-state index in [1.807, 2.05) is 30.3 Å². The molecule has 4 rings (SSSR count). The molecule has 2 aliphatic carbocycles. The summed E-state index contributed by atoms with van der Waals surface area (Å²) in [6, 6.07) is 10.1. The van der Waals surface area contributed by atoms with Crippen LogP contribution in [-0.2, 0) is 24.2 Å². The molecule has 0 saturated heterocycles. The molecule has 1 aromatic heterocycles. The second kappa shape index (κ2) is 7.52. The first kappa shape index (κ1) is 17.1. The van der Waals surface area contributed by atoms with Crippen LogP contribution < -0.4 is 10.6 Å². The van der Waals surface area contributed by atoms with E-state index in [1.54, 1.807) is 0 Å². The van der Waals surface area contributed by atoms with Gasteiger partial charge in [-0.15, -0.1) is 0 Å². The maximum atomic E-state index is 13.1. The molecule has 0 unspecified atom stereocenters. The summed E-state index contributed by atoms with van der Waals surface area (Å²) >= 11 is 0. The van der Waals surface area contributed by atoms with Crippen molar-refractivity contribution in [3.8, 4) is 0 Å². The molecule has 2 aromatic rings. The van der Waals surface area contributed by atoms with E-state index < -0.39 is 5.54 Å². The second-order valence-electron chi connectivity index (χ2n) is 7.65. The van der Waals surface area contributed by atoms with E-state index in [2.05, 4.69) is 20.8 Å². The smallest absolute Gasteiger partial charge is 0.245 e. The van der Waals surface area contributed by atoms with Crippen LogP contribution >= 0.6 is 0 Å². The monoisotopic (exact) mass is 352 g/mol. The van der Waals surface area contributed by atoms with Crippen LogP contribution in [0, 0.1) is 0 Å². The molecule has 1 saturated carbocycles. The Morgan fingerprint density at radius 3 is 2.62 bits per heavy atom. The molecule has 138 valence electrons. The maximum absolute atomic E-state index is 13.1. The highest BCUT2D eigenvalue weighted by atomic mass is 16.2. The number of rotatable bonds is 5. The highest BCUT2D eigenvalue weighted by molar-refractivity contribution is 5.89. The molecular weight excluding hydrogens is 324 g/mol. The van der Waals surface area contributed by atoms with Crippen LogP contribution in [0.5, 0.6) is 0 Å². The molecule has 0 aliphatic heterocycles. The lowest BCUT2D eigenvalue weighted by molar-refractivity contribution is -0.125. The Kier molecular flexibility index (Phi) is 4.96. The number of carbonyl (C=O) groups excluding carboxylic acids is 1. The van der Waals surface area contributed by atoms with Crippen molar-refractivity contribution in [1.29, 1.82) is 0 Å². The molecule has 1 heterocycles. The summed E-state index contributed by atoms with van der Waals surface area (Å²) in [5.41, 5.74) is 4.14. The zero-order chi connectivity index (χ0) is 17.8. The molecule has 0 radical (unpaired) electrons. The van der Waals surface area contributed by atoms with Crippen molar-refractivity contribution in [2.75, 3.05) is 5.32 Å². The van der Waals surface area contributed by atoms with Gasteiger partial charge in [-0.1, -0.05) is 37.5 Å². The predicted molar refractivity (Wildman–Crippen MR) is 103 cm³/mol. The standard InChI is InChI=1S/C21H28N4O/c26-20(21(13-7-8-14-21)23-16-9-3-1-4-10-16)22-15-19-17-11-5-2-6-12-18(17)24-25-19/h1,3-4,9-10,23H,2,5-8,11-15H2,(H,22,26)(H,24,25). The van der Waals surface area contributed by atoms with Crippen LogP contribution in [0.2, 0.25) is 0 Å². The molecule has 1 amide bonds. The summed E-state index contributed by atoms with van der Waals surface area (Å²) in [6.07, 6.45) is 9.81. The molecule has 1 aromatic carbocycles. The van der Waals surface area contributed by atoms with Gasteiger partial charge in [-0.05, 0) is 56.2 Å². The number of hydrogen-bond acceptors (Lipinski definition) is 3. The number of nitrogens with zero attached hydrogens (tertiary/aromatic N) is 1. The first-order valence-corrected chi connectivity index (χ1v) is 9.93. The van der Waals surface area contributed by atoms with Crippen molar-refractivity contribution in [2.24, 2.45) is 0 Å². The van der Waals surface area contributed by atoms with Gasteiger partial charge in [0.05, 0.1) is 12.2 Å². The van der Waals surface area contributed by atoms with Crippen molar-refractivity contribution in [1.82, 2.24) is 15.5 Å². The summed E-state index contributed by atoms with van der Waals surface area (Å²) in [4.78, 5) is 13.1. The van der Waals surface area contributed by atoms with Gasteiger partial charge in [0.25, 0.3) is 0 Å². The quantitative estimate of drug-likeness (QED) is 0.718. The topological polar surface area (TPSA) is 69.8 Å². The van der Waals surface area contributed by atoms with Gasteiger partial charge in [-0.25, -0.2) is 0 Å². The van der Waals surface area contributed by atoms with Crippen molar-refractivity contribution in [2.45, 2.75) is 69.9 Å². The summed E-state index contributed by atoms with van der Waals surface area (Å²) in [7, 11) is 0. The fraction of sp³-hybridized carbons (Fsp3) is 0.524. The molecule has 0 spiro atoms. The third kappa shape index (κ3) is 3.48. The minimum atomic E-state index is -0.491. The van der Waals surface area contributed by atoms with Crippen molar-refractivity contribution < 1.29 is 4.79 Å². The minimum absolute atomic E-state index is 0.101. The van der Waals surface area contributed by atoms with E-state index in [1.165, 1.54) is 30.5 Å². The third-order valence-electron chi connectivity index (χ3n) is 5.86. The molecule has 0 bridgehead atoms. The van der Waals surface area contributed by atoms with E-state index >= 15 is 0 Å². The fourth-order valence-electron chi connectivity index (χ4n) is 4.39. The van der Waals surface area contributed by atoms with Crippen molar-refractivity contribution in [3.63, 3.8) is 0 Å². The number of aryl methyl sites for hydroxylation is 1. The number of nitrogens with one attached hydrogen (secondary N) is 3. The first-order chi connectivity index (χ1) is 12.8. The fourth-order valence-corrected chi connectivity index (χ4v) is 4.39. The van der Waals surface area contributed by atoms with Crippen LogP contribution in [0.4, 0.5) is 5.69 Å². The average molecular weight is 352 g/mol. The summed E-state index contributed by atoms with van der Waals surface area (Å²) in [5, 5.41) is 14.4. The second-order valence-corrected chi connectivity index (χ2v) is 7.65. The molecule has 5 nitrogen and oxygen atoms in total. The Hall–Kier alpha value is -2.30. The maximum Gasteiger partial charge on any atom is 0.245 e. The van der Waals surface area contributed by atoms with Crippen molar-refractivity contribution in [3.05, 3.63) is 47.3 Å². The lowest BCUT2D eigenvalue weighted by Crippen LogP contribution is -2.50. The Labute approximate surface area is 155 Å². The molecule has 3 N–H and O–H groups in total. The molecule has 26 heavy (non-hydrogen) atoms. The normalized spacial score (nSPS) is 18.8. The summed E-state index contributed by atoms with van der Waals surface area (Å²) in [5.74, 6) is 0.101. The summed E-state index contributed by atoms with van der Waals surface area (Å²) < 4.78 is 0. The van der Waals surface area contributed by atoms with Crippen LogP contribution in [-0.4, -0.2) is 21.6 Å². The summed E-state index contributed by atoms with van der Waals surface area (Å²) in [6.45, 7) is 0.517. The van der Waals surface area contributed by atoms with E-state index in [-0.39, 0.29) is 5.91 Å². The molecule has 0 atom stereocenters. The van der Waals surface area contributed by atoms with Gasteiger partial charge in [0.1, 0.15) is 5.54 Å². The third-order valence-corrected chi connectivity index (χ3v) is 5.86. The van der Waals surface area contributed by atoms with E-state index in [4.69, 9.17) is 0 Å². The lowest BCUT2D eigenvalue weighted by Gasteiger charge is -2.30. The number of hydrogen-bond donors (Lipinski definition) is 3. The Balaban J connectivity index is 1.45. The number of para-hydroxylation sites is 1. The Bertz CT molecular complexity index is 747. The van der Waals surface area contributed by atoms with Crippen molar-refractivity contribution >= 4 is 11.6 Å². The average Bonchev–Trinajstić information content (AvgIpc) is 3.22. The van der Waals surface area contributed by atoms with Crippen LogP contribution in [0.15, 0.2) is 30.3 Å². The number of carbonyl (C=O) groups is 1. The SMILES string of the molecule is O=C(NCc1n[nH]c2c1CCCCC2)C1(Nc2ccccc2)CCCC1. The molecule has 5 heteroatoms. The first-order valence-electron chi connectivity index (χ1n) is 9.93. The zero-order valence-corrected chi connectivity index (χ0v) is 15.3. The van der Waals surface area contributed by atoms with Crippen LogP contribution in [0.1, 0.15) is 61.9 Å². The van der Waals surface area contributed by atoms with Gasteiger partial charge in [0.15, 0.2) is 0 Å². The Morgan fingerprint density at radius 2 is 1.81 bits per heavy atom. The van der Waals surface area contributed by atoms with Crippen LogP contribution in [0.3, 0.4) is 0 Å². The molecule has 2 aliphatic rings. The number of aromatic amines is 1.